The highest BCUT2D eigenvalue weighted by Crippen LogP contribution is 2.23. The van der Waals surface area contributed by atoms with Crippen LogP contribution in [-0.2, 0) is 30.4 Å². The Balaban J connectivity index is 1.85. The summed E-state index contributed by atoms with van der Waals surface area (Å²) < 4.78 is 0. The number of H-pyrrole nitrogens is 1. The number of fused-ring (bicyclic) bond motifs is 1. The topological polar surface area (TPSA) is 227 Å². The number of carbonyl (C=O) groups is 5. The third kappa shape index (κ3) is 7.77. The molecule has 4 atom stereocenters. The highest BCUT2D eigenvalue weighted by atomic mass is 16.4. The first-order chi connectivity index (χ1) is 18.6. The van der Waals surface area contributed by atoms with Crippen LogP contribution in [0.25, 0.3) is 10.9 Å². The number of aromatic amines is 1. The van der Waals surface area contributed by atoms with E-state index in [1.165, 1.54) is 4.90 Å². The van der Waals surface area contributed by atoms with E-state index in [0.717, 1.165) is 16.5 Å². The van der Waals surface area contributed by atoms with Crippen molar-refractivity contribution in [1.82, 2.24) is 20.5 Å². The number of carboxylic acid groups (broad SMARTS) is 1. The zero-order chi connectivity index (χ0) is 28.5. The largest absolute Gasteiger partial charge is 0.480 e. The molecule has 4 amide bonds. The van der Waals surface area contributed by atoms with Crippen LogP contribution >= 0.6 is 0 Å². The molecule has 13 nitrogen and oxygen atoms in total. The van der Waals surface area contributed by atoms with Crippen molar-refractivity contribution in [2.75, 3.05) is 13.1 Å². The zero-order valence-electron chi connectivity index (χ0n) is 21.7. The Morgan fingerprint density at radius 2 is 1.79 bits per heavy atom. The van der Waals surface area contributed by atoms with Crippen LogP contribution in [-0.4, -0.2) is 81.8 Å². The lowest BCUT2D eigenvalue weighted by Gasteiger charge is -2.29. The summed E-state index contributed by atoms with van der Waals surface area (Å²) in [6.07, 6.45) is 3.63. The van der Waals surface area contributed by atoms with Crippen molar-refractivity contribution in [2.45, 2.75) is 69.1 Å². The number of aliphatic carboxylic acids is 1. The Hall–Kier alpha value is -3.97. The molecule has 1 aliphatic heterocycles. The molecule has 1 aromatic carbocycles. The molecule has 10 N–H and O–H groups in total. The van der Waals surface area contributed by atoms with Crippen molar-refractivity contribution in [3.8, 4) is 0 Å². The number of para-hydroxylation sites is 1. The third-order valence-corrected chi connectivity index (χ3v) is 6.87. The Morgan fingerprint density at radius 3 is 2.49 bits per heavy atom. The van der Waals surface area contributed by atoms with Crippen molar-refractivity contribution >= 4 is 40.5 Å². The average molecular weight is 544 g/mol. The molecule has 0 aliphatic carbocycles. The number of nitrogens with one attached hydrogen (secondary N) is 3. The Morgan fingerprint density at radius 1 is 1.08 bits per heavy atom. The van der Waals surface area contributed by atoms with E-state index in [1.54, 1.807) is 6.20 Å². The summed E-state index contributed by atoms with van der Waals surface area (Å²) in [7, 11) is 0. The molecule has 0 radical (unpaired) electrons. The molecule has 13 heteroatoms. The molecule has 1 saturated heterocycles. The number of hydrogen-bond acceptors (Lipinski definition) is 7. The highest BCUT2D eigenvalue weighted by Gasteiger charge is 2.38. The van der Waals surface area contributed by atoms with Gasteiger partial charge in [0.15, 0.2) is 0 Å². The summed E-state index contributed by atoms with van der Waals surface area (Å²) in [5, 5.41) is 15.8. The van der Waals surface area contributed by atoms with Gasteiger partial charge in [-0.1, -0.05) is 18.2 Å². The predicted octanol–water partition coefficient (Wildman–Crippen LogP) is -0.913. The van der Waals surface area contributed by atoms with Crippen molar-refractivity contribution in [1.29, 1.82) is 0 Å². The van der Waals surface area contributed by atoms with Gasteiger partial charge in [0.05, 0.1) is 12.5 Å². The number of benzene rings is 1. The fraction of sp³-hybridized carbons (Fsp3) is 0.500. The van der Waals surface area contributed by atoms with E-state index in [9.17, 15) is 29.1 Å². The maximum atomic E-state index is 13.7. The molecule has 2 aromatic rings. The van der Waals surface area contributed by atoms with Crippen LogP contribution in [0.4, 0.5) is 0 Å². The van der Waals surface area contributed by atoms with E-state index in [0.29, 0.717) is 32.2 Å². The monoisotopic (exact) mass is 543 g/mol. The number of amides is 4. The number of nitrogens with two attached hydrogens (primary N) is 3. The molecule has 1 fully saturated rings. The average Bonchev–Trinajstić information content (AvgIpc) is 3.55. The molecule has 3 rings (SSSR count). The number of rotatable bonds is 14. The normalized spacial score (nSPS) is 17.4. The summed E-state index contributed by atoms with van der Waals surface area (Å²) in [6.45, 7) is 0.644. The fourth-order valence-corrected chi connectivity index (χ4v) is 4.83. The molecule has 39 heavy (non-hydrogen) atoms. The Kier molecular flexibility index (Phi) is 10.4. The van der Waals surface area contributed by atoms with Crippen LogP contribution in [0.1, 0.15) is 44.1 Å². The van der Waals surface area contributed by atoms with Crippen molar-refractivity contribution < 1.29 is 29.1 Å². The van der Waals surface area contributed by atoms with Gasteiger partial charge in [0, 0.05) is 30.1 Å². The number of nitrogens with zero attached hydrogens (tertiary/aromatic N) is 1. The van der Waals surface area contributed by atoms with Crippen molar-refractivity contribution in [3.63, 3.8) is 0 Å². The Bertz CT molecular complexity index is 1200. The number of carbonyl (C=O) groups excluding carboxylic acids is 4. The lowest BCUT2D eigenvalue weighted by Crippen LogP contribution is -2.57. The summed E-state index contributed by atoms with van der Waals surface area (Å²) in [6, 6.07) is 3.12. The third-order valence-electron chi connectivity index (χ3n) is 6.87. The molecule has 2 heterocycles. The van der Waals surface area contributed by atoms with Gasteiger partial charge in [-0.25, -0.2) is 4.79 Å². The van der Waals surface area contributed by atoms with Gasteiger partial charge in [0.25, 0.3) is 0 Å². The molecule has 4 unspecified atom stereocenters. The minimum absolute atomic E-state index is 0.0993. The van der Waals surface area contributed by atoms with Crippen LogP contribution < -0.4 is 27.8 Å². The first kappa shape index (κ1) is 29.6. The van der Waals surface area contributed by atoms with Crippen LogP contribution in [0.2, 0.25) is 0 Å². The summed E-state index contributed by atoms with van der Waals surface area (Å²) in [5.74, 6) is -3.74. The molecule has 212 valence electrons. The second-order valence-corrected chi connectivity index (χ2v) is 9.78. The van der Waals surface area contributed by atoms with E-state index >= 15 is 0 Å². The number of primary amides is 1. The predicted molar refractivity (Wildman–Crippen MR) is 143 cm³/mol. The van der Waals surface area contributed by atoms with Crippen LogP contribution in [0, 0.1) is 0 Å². The maximum absolute atomic E-state index is 13.7. The van der Waals surface area contributed by atoms with E-state index in [1.807, 2.05) is 24.3 Å². The molecule has 1 aliphatic rings. The first-order valence-electron chi connectivity index (χ1n) is 13.0. The number of carboxylic acids is 1. The number of hydrogen-bond donors (Lipinski definition) is 7. The zero-order valence-corrected chi connectivity index (χ0v) is 21.7. The van der Waals surface area contributed by atoms with Crippen LogP contribution in [0.3, 0.4) is 0 Å². The van der Waals surface area contributed by atoms with Crippen LogP contribution in [0.15, 0.2) is 30.5 Å². The maximum Gasteiger partial charge on any atom is 0.326 e. The molecule has 1 aromatic heterocycles. The Labute approximate surface area is 225 Å². The minimum Gasteiger partial charge on any atom is -0.480 e. The SMILES string of the molecule is NCCCCC(NC(=O)C(N)CC(N)=O)C(=O)NC(Cc1c[nH]c2ccccc12)C(=O)N1CCCC1C(=O)O. The van der Waals surface area contributed by atoms with Gasteiger partial charge in [0.2, 0.25) is 23.6 Å². The summed E-state index contributed by atoms with van der Waals surface area (Å²) in [4.78, 5) is 67.1. The van der Waals surface area contributed by atoms with Gasteiger partial charge >= 0.3 is 5.97 Å². The highest BCUT2D eigenvalue weighted by molar-refractivity contribution is 5.95. The van der Waals surface area contributed by atoms with Gasteiger partial charge in [-0.2, -0.15) is 0 Å². The van der Waals surface area contributed by atoms with Gasteiger partial charge in [-0.05, 0) is 50.3 Å². The second-order valence-electron chi connectivity index (χ2n) is 9.78. The van der Waals surface area contributed by atoms with E-state index in [-0.39, 0.29) is 19.4 Å². The molecular weight excluding hydrogens is 506 g/mol. The summed E-state index contributed by atoms with van der Waals surface area (Å²) in [5.41, 5.74) is 18.1. The second kappa shape index (κ2) is 13.7. The van der Waals surface area contributed by atoms with Crippen molar-refractivity contribution in [2.24, 2.45) is 17.2 Å². The fourth-order valence-electron chi connectivity index (χ4n) is 4.83. The number of aromatic nitrogens is 1. The van der Waals surface area contributed by atoms with Gasteiger partial charge in [0.1, 0.15) is 18.1 Å². The number of likely N-dealkylation sites (tertiary alicyclic amines) is 1. The van der Waals surface area contributed by atoms with Crippen molar-refractivity contribution in [3.05, 3.63) is 36.0 Å². The smallest absolute Gasteiger partial charge is 0.326 e. The van der Waals surface area contributed by atoms with Gasteiger partial charge in [-0.3, -0.25) is 19.2 Å². The van der Waals surface area contributed by atoms with E-state index in [2.05, 4.69) is 15.6 Å². The molecule has 0 bridgehead atoms. The van der Waals surface area contributed by atoms with E-state index < -0.39 is 60.2 Å². The van der Waals surface area contributed by atoms with Gasteiger partial charge in [-0.15, -0.1) is 0 Å². The molecular formula is C26H37N7O6. The van der Waals surface area contributed by atoms with Crippen LogP contribution in [0.5, 0.6) is 0 Å². The lowest BCUT2D eigenvalue weighted by molar-refractivity contribution is -0.149. The molecule has 0 spiro atoms. The standard InChI is InChI=1S/C26H37N7O6/c27-10-4-3-8-19(31-23(35)17(28)13-22(29)34)24(36)32-20(25(37)33-11-5-9-21(33)26(38)39)12-15-14-30-18-7-2-1-6-16(15)18/h1-2,6-7,14,17,19-21,30H,3-5,8-13,27-28H2,(H2,29,34)(H,31,35)(H,32,36)(H,38,39). The quantitative estimate of drug-likeness (QED) is 0.147. The van der Waals surface area contributed by atoms with Gasteiger partial charge < -0.3 is 42.8 Å². The molecule has 0 saturated carbocycles. The number of unbranched alkanes of at least 4 members (excludes halogenated alkanes) is 1. The summed E-state index contributed by atoms with van der Waals surface area (Å²) >= 11 is 0. The lowest BCUT2D eigenvalue weighted by atomic mass is 10.0. The first-order valence-corrected chi connectivity index (χ1v) is 13.0. The minimum atomic E-state index is -1.24. The van der Waals surface area contributed by atoms with E-state index in [4.69, 9.17) is 17.2 Å².